The fraction of sp³-hybridized carbons (Fsp3) is 0.531. The number of nitrogens with zero attached hydrogens (tertiary/aromatic N) is 7. The van der Waals surface area contributed by atoms with Crippen LogP contribution < -0.4 is 15.0 Å². The Morgan fingerprint density at radius 3 is 2.63 bits per heavy atom. The van der Waals surface area contributed by atoms with Crippen molar-refractivity contribution in [3.63, 3.8) is 0 Å². The van der Waals surface area contributed by atoms with Gasteiger partial charge in [0.15, 0.2) is 11.5 Å². The van der Waals surface area contributed by atoms with Crippen molar-refractivity contribution in [2.24, 2.45) is 5.92 Å². The van der Waals surface area contributed by atoms with Crippen LogP contribution in [0.25, 0.3) is 11.3 Å². The summed E-state index contributed by atoms with van der Waals surface area (Å²) in [6, 6.07) is 7.39. The Morgan fingerprint density at radius 2 is 1.96 bits per heavy atom. The number of amides is 2. The van der Waals surface area contributed by atoms with Crippen LogP contribution in [0.15, 0.2) is 36.7 Å². The van der Waals surface area contributed by atoms with Crippen LogP contribution in [0, 0.1) is 5.92 Å². The Balaban J connectivity index is 1.36. The number of hydrogen-bond donors (Lipinski definition) is 3. The molecule has 0 aromatic carbocycles. The molecule has 4 aromatic heterocycles. The van der Waals surface area contributed by atoms with Crippen LogP contribution in [-0.4, -0.2) is 88.7 Å². The van der Waals surface area contributed by atoms with E-state index in [2.05, 4.69) is 10.4 Å². The van der Waals surface area contributed by atoms with Gasteiger partial charge in [0.2, 0.25) is 0 Å². The number of carboxylic acid groups (broad SMARTS) is 1. The average Bonchev–Trinajstić information content (AvgIpc) is 3.58. The van der Waals surface area contributed by atoms with E-state index in [1.165, 1.54) is 9.80 Å². The van der Waals surface area contributed by atoms with E-state index >= 15 is 0 Å². The third kappa shape index (κ3) is 6.81. The molecule has 2 atom stereocenters. The summed E-state index contributed by atoms with van der Waals surface area (Å²) in [4.78, 5) is 37.7. The van der Waals surface area contributed by atoms with Gasteiger partial charge < -0.3 is 29.9 Å². The lowest BCUT2D eigenvalue weighted by Crippen LogP contribution is -2.47. The smallest absolute Gasteiger partial charge is 0.416 e. The van der Waals surface area contributed by atoms with E-state index in [0.29, 0.717) is 59.9 Å². The molecule has 2 amide bonds. The zero-order valence-electron chi connectivity index (χ0n) is 26.9. The van der Waals surface area contributed by atoms with Crippen LogP contribution in [0.2, 0.25) is 0 Å². The summed E-state index contributed by atoms with van der Waals surface area (Å²) < 4.78 is 15.4. The lowest BCUT2D eigenvalue weighted by Gasteiger charge is -2.34. The molecule has 1 saturated heterocycles. The molecule has 0 bridgehead atoms. The number of likely N-dealkylation sites (tertiary alicyclic amines) is 1. The number of hydrogen-bond acceptors (Lipinski definition) is 9. The van der Waals surface area contributed by atoms with Crippen LogP contribution >= 0.6 is 0 Å². The Bertz CT molecular complexity index is 1740. The first-order chi connectivity index (χ1) is 21.9. The minimum Gasteiger partial charge on any atom is -0.476 e. The number of anilines is 2. The quantitative estimate of drug-likeness (QED) is 0.234. The van der Waals surface area contributed by atoms with Crippen LogP contribution in [0.5, 0.6) is 5.88 Å². The Morgan fingerprint density at radius 1 is 1.17 bits per heavy atom. The summed E-state index contributed by atoms with van der Waals surface area (Å²) >= 11 is 0. The van der Waals surface area contributed by atoms with Crippen LogP contribution in [0.3, 0.4) is 0 Å². The van der Waals surface area contributed by atoms with E-state index in [4.69, 9.17) is 19.4 Å². The number of nitrogens with one attached hydrogen (secondary N) is 1. The maximum atomic E-state index is 13.9. The average molecular weight is 635 g/mol. The van der Waals surface area contributed by atoms with Crippen LogP contribution in [0.4, 0.5) is 21.2 Å². The highest BCUT2D eigenvalue weighted by atomic mass is 16.6. The summed E-state index contributed by atoms with van der Waals surface area (Å²) in [5.41, 5.74) is 2.19. The highest BCUT2D eigenvalue weighted by Crippen LogP contribution is 2.42. The van der Waals surface area contributed by atoms with Crippen LogP contribution in [-0.2, 0) is 11.3 Å². The lowest BCUT2D eigenvalue weighted by molar-refractivity contribution is 0.0294. The first-order valence-corrected chi connectivity index (χ1v) is 15.8. The highest BCUT2D eigenvalue weighted by Gasteiger charge is 2.33. The van der Waals surface area contributed by atoms with Gasteiger partial charge in [0.05, 0.1) is 37.2 Å². The molecule has 6 rings (SSSR count). The molecule has 0 spiro atoms. The molecule has 5 heterocycles. The van der Waals surface area contributed by atoms with E-state index in [-0.39, 0.29) is 25.1 Å². The fourth-order valence-corrected chi connectivity index (χ4v) is 5.72. The van der Waals surface area contributed by atoms with Crippen molar-refractivity contribution in [3.05, 3.63) is 47.9 Å². The third-order valence-corrected chi connectivity index (χ3v) is 8.11. The zero-order valence-corrected chi connectivity index (χ0v) is 26.9. The van der Waals surface area contributed by atoms with Gasteiger partial charge in [0.25, 0.3) is 0 Å². The molecule has 2 fully saturated rings. The van der Waals surface area contributed by atoms with E-state index in [9.17, 15) is 19.8 Å². The summed E-state index contributed by atoms with van der Waals surface area (Å²) in [6.45, 7) is 10.2. The number of ether oxygens (including phenoxy) is 2. The van der Waals surface area contributed by atoms with Crippen molar-refractivity contribution in [2.75, 3.05) is 29.9 Å². The van der Waals surface area contributed by atoms with E-state index < -0.39 is 23.9 Å². The number of β-amino-alcohol motifs (C(OH)–C–C–N with tert-alkyl or cyclic N) is 1. The normalized spacial score (nSPS) is 18.7. The van der Waals surface area contributed by atoms with Gasteiger partial charge in [-0.3, -0.25) is 9.30 Å². The molecule has 4 aromatic rings. The standard InChI is InChI=1S/C32H42N8O6/c1-19(2)45-28-8-6-7-26-35-22(16-38(26)28)17-39(31(44)46-32(3,4)5)27-13-25(36-29-23(20-9-10-20)15-34-40(27)29)33-14-21-11-12-37(30(42)43)18-24(21)41/h6-8,13,15-16,19-21,24,41H,9-12,14,17-18H2,1-5H3,(H,33,36)(H,42,43)/t21-,24+/m1/s1. The first kappa shape index (κ1) is 31.4. The molecule has 46 heavy (non-hydrogen) atoms. The monoisotopic (exact) mass is 634 g/mol. The fourth-order valence-electron chi connectivity index (χ4n) is 5.72. The van der Waals surface area contributed by atoms with Crippen LogP contribution in [0.1, 0.15) is 71.1 Å². The molecule has 1 aliphatic carbocycles. The molecule has 0 unspecified atom stereocenters. The van der Waals surface area contributed by atoms with Gasteiger partial charge >= 0.3 is 12.2 Å². The Labute approximate surface area is 266 Å². The number of fused-ring (bicyclic) bond motifs is 2. The number of aromatic nitrogens is 5. The van der Waals surface area contributed by atoms with Crippen molar-refractivity contribution in [2.45, 2.75) is 84.2 Å². The van der Waals surface area contributed by atoms with Gasteiger partial charge in [0.1, 0.15) is 22.9 Å². The molecular weight excluding hydrogens is 592 g/mol. The number of aliphatic hydroxyl groups excluding tert-OH is 1. The molecule has 14 nitrogen and oxygen atoms in total. The number of aliphatic hydroxyl groups is 1. The SMILES string of the molecule is CC(C)Oc1cccc2nc(CN(C(=O)OC(C)(C)C)c3cc(NC[C@H]4CCN(C(=O)O)C[C@@H]4O)nc4c(C5CC5)cnn34)cn12. The predicted octanol–water partition coefficient (Wildman–Crippen LogP) is 4.76. The van der Waals surface area contributed by atoms with Crippen molar-refractivity contribution in [1.82, 2.24) is 28.9 Å². The lowest BCUT2D eigenvalue weighted by atomic mass is 9.94. The maximum Gasteiger partial charge on any atom is 0.416 e. The molecular formula is C32H42N8O6. The van der Waals surface area contributed by atoms with E-state index in [1.807, 2.05) is 69.6 Å². The predicted molar refractivity (Wildman–Crippen MR) is 171 cm³/mol. The minimum absolute atomic E-state index is 0.0305. The van der Waals surface area contributed by atoms with Gasteiger partial charge in [-0.15, -0.1) is 0 Å². The zero-order chi connectivity index (χ0) is 32.7. The van der Waals surface area contributed by atoms with Crippen molar-refractivity contribution >= 4 is 35.1 Å². The molecule has 3 N–H and O–H groups in total. The topological polar surface area (TPSA) is 159 Å². The van der Waals surface area contributed by atoms with Crippen molar-refractivity contribution in [1.29, 1.82) is 0 Å². The molecule has 246 valence electrons. The second kappa shape index (κ2) is 12.3. The summed E-state index contributed by atoms with van der Waals surface area (Å²) in [5.74, 6) is 1.78. The van der Waals surface area contributed by atoms with E-state index in [1.54, 1.807) is 10.6 Å². The number of pyridine rings is 1. The number of piperidine rings is 1. The highest BCUT2D eigenvalue weighted by molar-refractivity contribution is 5.88. The molecule has 0 radical (unpaired) electrons. The van der Waals surface area contributed by atoms with Gasteiger partial charge in [-0.05, 0) is 71.9 Å². The molecule has 1 saturated carbocycles. The first-order valence-electron chi connectivity index (χ1n) is 15.8. The summed E-state index contributed by atoms with van der Waals surface area (Å²) in [6.07, 6.45) is 3.82. The largest absolute Gasteiger partial charge is 0.476 e. The second-order valence-electron chi connectivity index (χ2n) is 13.4. The minimum atomic E-state index is -1.04. The van der Waals surface area contributed by atoms with Gasteiger partial charge in [-0.2, -0.15) is 9.61 Å². The number of rotatable bonds is 9. The maximum absolute atomic E-state index is 13.9. The number of imidazole rings is 1. The molecule has 14 heteroatoms. The van der Waals surface area contributed by atoms with E-state index in [0.717, 1.165) is 18.4 Å². The number of carbonyl (C=O) groups excluding carboxylic acids is 1. The van der Waals surface area contributed by atoms with Gasteiger partial charge in [0, 0.05) is 36.8 Å². The summed E-state index contributed by atoms with van der Waals surface area (Å²) in [5, 5.41) is 28.0. The van der Waals surface area contributed by atoms with Crippen molar-refractivity contribution < 1.29 is 29.3 Å². The molecule has 2 aliphatic rings. The van der Waals surface area contributed by atoms with Gasteiger partial charge in [-0.25, -0.2) is 19.6 Å². The Kier molecular flexibility index (Phi) is 8.40. The molecule has 1 aliphatic heterocycles. The Hall–Kier alpha value is -4.59. The van der Waals surface area contributed by atoms with Crippen molar-refractivity contribution in [3.8, 4) is 5.88 Å². The third-order valence-electron chi connectivity index (χ3n) is 8.11. The number of carbonyl (C=O) groups is 2. The second-order valence-corrected chi connectivity index (χ2v) is 13.4. The van der Waals surface area contributed by atoms with Gasteiger partial charge in [-0.1, -0.05) is 6.07 Å². The summed E-state index contributed by atoms with van der Waals surface area (Å²) in [7, 11) is 0.